The van der Waals surface area contributed by atoms with Crippen LogP contribution in [-0.4, -0.2) is 66.3 Å². The third-order valence-electron chi connectivity index (χ3n) is 3.76. The van der Waals surface area contributed by atoms with Crippen LogP contribution in [0.5, 0.6) is 0 Å². The van der Waals surface area contributed by atoms with Gasteiger partial charge in [0.25, 0.3) is 0 Å². The largest absolute Gasteiger partial charge is 0.480 e. The lowest BCUT2D eigenvalue weighted by Crippen LogP contribution is -2.51. The number of carbonyl (C=O) groups excluding carboxylic acids is 1. The van der Waals surface area contributed by atoms with Gasteiger partial charge in [0.05, 0.1) is 6.54 Å². The first-order chi connectivity index (χ1) is 8.99. The number of hydrogen-bond acceptors (Lipinski definition) is 5. The molecule has 7 heteroatoms. The minimum atomic E-state index is -1.21. The summed E-state index contributed by atoms with van der Waals surface area (Å²) < 4.78 is 5.22. The first-order valence-electron chi connectivity index (χ1n) is 6.61. The highest BCUT2D eigenvalue weighted by molar-refractivity contribution is 5.81. The number of carboxylic acids is 1. The van der Waals surface area contributed by atoms with E-state index < -0.39 is 11.5 Å². The smallest absolute Gasteiger partial charge is 0.325 e. The number of hydrogen-bond donors (Lipinski definition) is 3. The van der Waals surface area contributed by atoms with Crippen LogP contribution in [0, 0.1) is 0 Å². The van der Waals surface area contributed by atoms with Gasteiger partial charge in [0.2, 0.25) is 5.91 Å². The zero-order chi connectivity index (χ0) is 13.9. The fourth-order valence-corrected chi connectivity index (χ4v) is 2.54. The summed E-state index contributed by atoms with van der Waals surface area (Å²) in [6.45, 7) is 2.34. The standard InChI is InChI=1S/C12H21N3O4/c13-12(11(17)18)3-4-15(8-12)7-10(16)14-9-1-5-19-6-2-9/h9H,1-8,13H2,(H,14,16)(H,17,18). The van der Waals surface area contributed by atoms with Crippen molar-refractivity contribution in [3.63, 3.8) is 0 Å². The highest BCUT2D eigenvalue weighted by Crippen LogP contribution is 2.18. The molecular weight excluding hydrogens is 250 g/mol. The van der Waals surface area contributed by atoms with Gasteiger partial charge in [-0.3, -0.25) is 14.5 Å². The summed E-state index contributed by atoms with van der Waals surface area (Å²) in [7, 11) is 0. The van der Waals surface area contributed by atoms with Crippen LogP contribution in [0.3, 0.4) is 0 Å². The summed E-state index contributed by atoms with van der Waals surface area (Å²) >= 11 is 0. The Labute approximate surface area is 112 Å². The molecule has 2 fully saturated rings. The summed E-state index contributed by atoms with van der Waals surface area (Å²) in [5.41, 5.74) is 4.55. The molecule has 0 aromatic heterocycles. The molecule has 1 unspecified atom stereocenters. The summed E-state index contributed by atoms with van der Waals surface area (Å²) in [6.07, 6.45) is 2.05. The van der Waals surface area contributed by atoms with E-state index >= 15 is 0 Å². The first-order valence-corrected chi connectivity index (χ1v) is 6.61. The van der Waals surface area contributed by atoms with Crippen LogP contribution in [0.2, 0.25) is 0 Å². The number of rotatable bonds is 4. The maximum Gasteiger partial charge on any atom is 0.325 e. The van der Waals surface area contributed by atoms with E-state index in [0.717, 1.165) is 12.8 Å². The van der Waals surface area contributed by atoms with E-state index in [-0.39, 0.29) is 25.0 Å². The zero-order valence-corrected chi connectivity index (χ0v) is 10.9. The van der Waals surface area contributed by atoms with Gasteiger partial charge in [-0.05, 0) is 19.3 Å². The fraction of sp³-hybridized carbons (Fsp3) is 0.833. The van der Waals surface area contributed by atoms with E-state index in [1.165, 1.54) is 0 Å². The number of ether oxygens (including phenoxy) is 1. The Morgan fingerprint density at radius 1 is 1.42 bits per heavy atom. The van der Waals surface area contributed by atoms with Gasteiger partial charge in [0.1, 0.15) is 5.54 Å². The Morgan fingerprint density at radius 3 is 2.68 bits per heavy atom. The lowest BCUT2D eigenvalue weighted by Gasteiger charge is -2.25. The monoisotopic (exact) mass is 271 g/mol. The van der Waals surface area contributed by atoms with Gasteiger partial charge in [-0.2, -0.15) is 0 Å². The highest BCUT2D eigenvalue weighted by Gasteiger charge is 2.41. The molecule has 0 aromatic rings. The summed E-state index contributed by atoms with van der Waals surface area (Å²) in [4.78, 5) is 24.7. The number of carbonyl (C=O) groups is 2. The molecule has 0 bridgehead atoms. The molecule has 2 aliphatic rings. The Kier molecular flexibility index (Phi) is 4.38. The molecule has 0 aliphatic carbocycles. The van der Waals surface area contributed by atoms with Crippen molar-refractivity contribution in [2.24, 2.45) is 5.73 Å². The maximum absolute atomic E-state index is 11.9. The van der Waals surface area contributed by atoms with Gasteiger partial charge in [-0.25, -0.2) is 0 Å². The molecule has 1 atom stereocenters. The highest BCUT2D eigenvalue weighted by atomic mass is 16.5. The average molecular weight is 271 g/mol. The van der Waals surface area contributed by atoms with Gasteiger partial charge in [0.15, 0.2) is 0 Å². The van der Waals surface area contributed by atoms with Crippen molar-refractivity contribution in [3.05, 3.63) is 0 Å². The third-order valence-corrected chi connectivity index (χ3v) is 3.76. The number of aliphatic carboxylic acids is 1. The minimum Gasteiger partial charge on any atom is -0.480 e. The molecule has 7 nitrogen and oxygen atoms in total. The van der Waals surface area contributed by atoms with Gasteiger partial charge in [-0.15, -0.1) is 0 Å². The predicted octanol–water partition coefficient (Wildman–Crippen LogP) is -1.23. The Morgan fingerprint density at radius 2 is 2.11 bits per heavy atom. The van der Waals surface area contributed by atoms with Crippen LogP contribution in [0.25, 0.3) is 0 Å². The van der Waals surface area contributed by atoms with Gasteiger partial charge < -0.3 is 20.9 Å². The van der Waals surface area contributed by atoms with E-state index in [1.54, 1.807) is 4.90 Å². The van der Waals surface area contributed by atoms with Crippen LogP contribution >= 0.6 is 0 Å². The number of likely N-dealkylation sites (tertiary alicyclic amines) is 1. The van der Waals surface area contributed by atoms with Crippen LogP contribution in [-0.2, 0) is 14.3 Å². The molecule has 4 N–H and O–H groups in total. The van der Waals surface area contributed by atoms with Gasteiger partial charge in [-0.1, -0.05) is 0 Å². The molecule has 0 aromatic carbocycles. The Hall–Kier alpha value is -1.18. The maximum atomic E-state index is 11.9. The summed E-state index contributed by atoms with van der Waals surface area (Å²) in [5.74, 6) is -1.07. The van der Waals surface area contributed by atoms with Crippen molar-refractivity contribution >= 4 is 11.9 Å². The quantitative estimate of drug-likeness (QED) is 0.591. The van der Waals surface area contributed by atoms with Crippen molar-refractivity contribution < 1.29 is 19.4 Å². The molecule has 19 heavy (non-hydrogen) atoms. The fourth-order valence-electron chi connectivity index (χ4n) is 2.54. The normalized spacial score (nSPS) is 29.3. The molecule has 0 spiro atoms. The Balaban J connectivity index is 1.75. The van der Waals surface area contributed by atoms with Crippen molar-refractivity contribution in [2.45, 2.75) is 30.8 Å². The summed E-state index contributed by atoms with van der Waals surface area (Å²) in [6, 6.07) is 0.172. The second-order valence-electron chi connectivity index (χ2n) is 5.38. The van der Waals surface area contributed by atoms with E-state index in [4.69, 9.17) is 15.6 Å². The zero-order valence-electron chi connectivity index (χ0n) is 10.9. The van der Waals surface area contributed by atoms with Gasteiger partial charge in [0, 0.05) is 32.3 Å². The lowest BCUT2D eigenvalue weighted by atomic mass is 10.0. The molecule has 0 radical (unpaired) electrons. The second kappa shape index (κ2) is 5.85. The average Bonchev–Trinajstić information content (AvgIpc) is 2.73. The SMILES string of the molecule is NC1(C(=O)O)CCN(CC(=O)NC2CCOCC2)C1. The lowest BCUT2D eigenvalue weighted by molar-refractivity contribution is -0.143. The topological polar surface area (TPSA) is 105 Å². The van der Waals surface area contributed by atoms with Crippen molar-refractivity contribution in [2.75, 3.05) is 32.8 Å². The van der Waals surface area contributed by atoms with E-state index in [0.29, 0.717) is 26.2 Å². The third kappa shape index (κ3) is 3.65. The Bertz CT molecular complexity index is 357. The summed E-state index contributed by atoms with van der Waals surface area (Å²) in [5, 5.41) is 12.0. The van der Waals surface area contributed by atoms with Crippen LogP contribution < -0.4 is 11.1 Å². The number of nitrogens with one attached hydrogen (secondary N) is 1. The molecular formula is C12H21N3O4. The first kappa shape index (κ1) is 14.2. The number of nitrogens with two attached hydrogens (primary N) is 1. The van der Waals surface area contributed by atoms with E-state index in [2.05, 4.69) is 5.32 Å². The predicted molar refractivity (Wildman–Crippen MR) is 67.6 cm³/mol. The number of carboxylic acid groups (broad SMARTS) is 1. The molecule has 2 heterocycles. The van der Waals surface area contributed by atoms with Crippen LogP contribution in [0.4, 0.5) is 0 Å². The minimum absolute atomic E-state index is 0.0680. The van der Waals surface area contributed by atoms with Crippen LogP contribution in [0.1, 0.15) is 19.3 Å². The van der Waals surface area contributed by atoms with E-state index in [9.17, 15) is 9.59 Å². The van der Waals surface area contributed by atoms with E-state index in [1.807, 2.05) is 0 Å². The van der Waals surface area contributed by atoms with Gasteiger partial charge >= 0.3 is 5.97 Å². The number of nitrogens with zero attached hydrogens (tertiary/aromatic N) is 1. The second-order valence-corrected chi connectivity index (χ2v) is 5.38. The molecule has 2 aliphatic heterocycles. The number of amides is 1. The molecule has 0 saturated carbocycles. The molecule has 2 rings (SSSR count). The van der Waals surface area contributed by atoms with Crippen molar-refractivity contribution in [3.8, 4) is 0 Å². The van der Waals surface area contributed by atoms with Crippen LogP contribution in [0.15, 0.2) is 0 Å². The molecule has 2 saturated heterocycles. The van der Waals surface area contributed by atoms with Crippen molar-refractivity contribution in [1.82, 2.24) is 10.2 Å². The molecule has 1 amide bonds. The molecule has 108 valence electrons. The van der Waals surface area contributed by atoms with Crippen molar-refractivity contribution in [1.29, 1.82) is 0 Å².